The van der Waals surface area contributed by atoms with Crippen molar-refractivity contribution in [2.45, 2.75) is 0 Å². The Bertz CT molecular complexity index is 2950. The van der Waals surface area contributed by atoms with Crippen LogP contribution in [0.1, 0.15) is 20.7 Å². The average molecular weight is 705 g/mol. The van der Waals surface area contributed by atoms with Crippen molar-refractivity contribution in [3.63, 3.8) is 0 Å². The molecule has 0 saturated heterocycles. The van der Waals surface area contributed by atoms with Gasteiger partial charge in [0, 0.05) is 68.3 Å². The second kappa shape index (κ2) is 11.6. The summed E-state index contributed by atoms with van der Waals surface area (Å²) >= 11 is 0. The zero-order chi connectivity index (χ0) is 36.5. The van der Waals surface area contributed by atoms with Gasteiger partial charge in [0.2, 0.25) is 5.43 Å². The Kier molecular flexibility index (Phi) is 6.81. The minimum atomic E-state index is -0.509. The number of non-ortho nitro benzene ring substituents is 2. The van der Waals surface area contributed by atoms with E-state index < -0.39 is 27.1 Å². The normalized spacial score (nSPS) is 11.5. The summed E-state index contributed by atoms with van der Waals surface area (Å²) < 4.78 is 17.6. The Morgan fingerprint density at radius 3 is 1.25 bits per heavy atom. The number of benzene rings is 6. The van der Waals surface area contributed by atoms with E-state index in [1.807, 2.05) is 0 Å². The number of amides is 2. The molecular formula is C39H20N4O10. The molecule has 0 fully saturated rings. The summed E-state index contributed by atoms with van der Waals surface area (Å²) in [7, 11) is 0. The van der Waals surface area contributed by atoms with Gasteiger partial charge in [-0.25, -0.2) is 0 Å². The van der Waals surface area contributed by atoms with Crippen molar-refractivity contribution in [1.29, 1.82) is 0 Å². The Hall–Kier alpha value is -7.87. The van der Waals surface area contributed by atoms with E-state index in [1.54, 1.807) is 48.5 Å². The van der Waals surface area contributed by atoms with Crippen LogP contribution < -0.4 is 16.1 Å². The van der Waals surface area contributed by atoms with Gasteiger partial charge in [0.25, 0.3) is 23.2 Å². The molecule has 9 rings (SSSR count). The van der Waals surface area contributed by atoms with Crippen LogP contribution in [-0.2, 0) is 0 Å². The number of nitro benzene ring substituents is 2. The van der Waals surface area contributed by atoms with Gasteiger partial charge in [-0.05, 0) is 72.8 Å². The van der Waals surface area contributed by atoms with Crippen molar-refractivity contribution in [1.82, 2.24) is 0 Å². The Morgan fingerprint density at radius 2 is 0.830 bits per heavy atom. The second-order valence-corrected chi connectivity index (χ2v) is 12.3. The third-order valence-electron chi connectivity index (χ3n) is 9.04. The van der Waals surface area contributed by atoms with Gasteiger partial charge in [-0.15, -0.1) is 0 Å². The first-order valence-electron chi connectivity index (χ1n) is 15.9. The van der Waals surface area contributed by atoms with Crippen LogP contribution in [0.4, 0.5) is 22.7 Å². The fourth-order valence-electron chi connectivity index (χ4n) is 6.46. The molecule has 3 heterocycles. The number of fused-ring (bicyclic) bond motifs is 8. The number of hydrogen-bond donors (Lipinski definition) is 2. The topological polar surface area (TPSA) is 201 Å². The monoisotopic (exact) mass is 704 g/mol. The van der Waals surface area contributed by atoms with Crippen molar-refractivity contribution in [3.8, 4) is 0 Å². The highest BCUT2D eigenvalue weighted by Gasteiger charge is 2.18. The molecule has 53 heavy (non-hydrogen) atoms. The van der Waals surface area contributed by atoms with E-state index in [4.69, 9.17) is 13.3 Å². The summed E-state index contributed by atoms with van der Waals surface area (Å²) in [5.41, 5.74) is 2.53. The summed E-state index contributed by atoms with van der Waals surface area (Å²) in [5, 5.41) is 31.0. The highest BCUT2D eigenvalue weighted by molar-refractivity contribution is 6.11. The van der Waals surface area contributed by atoms with Crippen LogP contribution in [0.15, 0.2) is 127 Å². The summed E-state index contributed by atoms with van der Waals surface area (Å²) in [6.07, 6.45) is 0. The van der Waals surface area contributed by atoms with Gasteiger partial charge in [-0.3, -0.25) is 34.6 Å². The number of hydrogen-bond acceptors (Lipinski definition) is 10. The minimum absolute atomic E-state index is 0.102. The van der Waals surface area contributed by atoms with E-state index in [-0.39, 0.29) is 44.4 Å². The molecule has 9 aromatic rings. The molecule has 0 aliphatic rings. The average Bonchev–Trinajstić information content (AvgIpc) is 3.71. The summed E-state index contributed by atoms with van der Waals surface area (Å²) in [4.78, 5) is 61.7. The van der Waals surface area contributed by atoms with Crippen molar-refractivity contribution in [2.75, 3.05) is 10.6 Å². The number of furan rings is 2. The van der Waals surface area contributed by atoms with Crippen LogP contribution in [0.2, 0.25) is 0 Å². The second-order valence-electron chi connectivity index (χ2n) is 12.3. The van der Waals surface area contributed by atoms with Crippen LogP contribution in [-0.4, -0.2) is 21.7 Å². The molecule has 14 heteroatoms. The lowest BCUT2D eigenvalue weighted by atomic mass is 10.1. The van der Waals surface area contributed by atoms with Crippen LogP contribution in [0.5, 0.6) is 0 Å². The molecule has 256 valence electrons. The first-order chi connectivity index (χ1) is 25.6. The van der Waals surface area contributed by atoms with Gasteiger partial charge in [0.05, 0.1) is 32.8 Å². The number of nitrogens with one attached hydrogen (secondary N) is 2. The number of carbonyl (C=O) groups is 2. The first kappa shape index (κ1) is 31.1. The van der Waals surface area contributed by atoms with Gasteiger partial charge in [0.1, 0.15) is 33.5 Å². The van der Waals surface area contributed by atoms with Crippen LogP contribution >= 0.6 is 0 Å². The highest BCUT2D eigenvalue weighted by Crippen LogP contribution is 2.34. The summed E-state index contributed by atoms with van der Waals surface area (Å²) in [6, 6.07) is 27.7. The third-order valence-corrected chi connectivity index (χ3v) is 9.04. The standard InChI is InChI=1S/C39H20N4O10/c44-37-29-13-19(38(45)40-21-3-7-25-27-9-5-23(42(47)48)17-35(27)52-33(25)15-21)1-11-31(29)51-32-12-2-20(14-30(32)37)39(46)41-22-4-8-26-28-10-6-24(43(49)50)18-36(28)53-34(26)16-22/h1-18H,(H,40,45)(H,41,46). The highest BCUT2D eigenvalue weighted by atomic mass is 16.6. The number of nitrogens with zero attached hydrogens (tertiary/aromatic N) is 2. The van der Waals surface area contributed by atoms with Crippen LogP contribution in [0, 0.1) is 20.2 Å². The Balaban J connectivity index is 0.980. The molecule has 2 N–H and O–H groups in total. The maximum atomic E-state index is 13.7. The van der Waals surface area contributed by atoms with E-state index >= 15 is 0 Å². The van der Waals surface area contributed by atoms with Crippen molar-refractivity contribution >= 4 is 100 Å². The van der Waals surface area contributed by atoms with E-state index in [1.165, 1.54) is 60.7 Å². The predicted molar refractivity (Wildman–Crippen MR) is 197 cm³/mol. The number of nitro groups is 2. The largest absolute Gasteiger partial charge is 0.456 e. The predicted octanol–water partition coefficient (Wildman–Crippen LogP) is 9.07. The lowest BCUT2D eigenvalue weighted by Gasteiger charge is -2.08. The molecule has 0 aliphatic heterocycles. The number of rotatable bonds is 6. The molecule has 3 aromatic heterocycles. The molecule has 14 nitrogen and oxygen atoms in total. The summed E-state index contributed by atoms with van der Waals surface area (Å²) in [6.45, 7) is 0. The van der Waals surface area contributed by atoms with E-state index in [0.29, 0.717) is 44.5 Å². The van der Waals surface area contributed by atoms with E-state index in [0.717, 1.165) is 10.8 Å². The SMILES string of the molecule is O=C(Nc1ccc2c(c1)oc1cc([N+](=O)[O-])ccc12)c1ccc2oc3ccc(C(=O)Nc4ccc5c(c4)oc4cc([N+](=O)[O-])ccc45)cc3c(=O)c2c1. The smallest absolute Gasteiger partial charge is 0.273 e. The lowest BCUT2D eigenvalue weighted by Crippen LogP contribution is -2.14. The molecule has 0 saturated carbocycles. The first-order valence-corrected chi connectivity index (χ1v) is 15.9. The Morgan fingerprint density at radius 1 is 0.453 bits per heavy atom. The van der Waals surface area contributed by atoms with Gasteiger partial charge < -0.3 is 23.9 Å². The number of anilines is 2. The summed E-state index contributed by atoms with van der Waals surface area (Å²) in [5.74, 6) is -1.02. The zero-order valence-corrected chi connectivity index (χ0v) is 26.9. The molecule has 0 unspecified atom stereocenters. The van der Waals surface area contributed by atoms with Crippen molar-refractivity contribution in [2.24, 2.45) is 0 Å². The van der Waals surface area contributed by atoms with Crippen molar-refractivity contribution in [3.05, 3.63) is 151 Å². The molecule has 0 atom stereocenters. The van der Waals surface area contributed by atoms with Gasteiger partial charge in [0.15, 0.2) is 0 Å². The maximum absolute atomic E-state index is 13.7. The van der Waals surface area contributed by atoms with E-state index in [9.17, 15) is 34.6 Å². The molecule has 0 spiro atoms. The molecular weight excluding hydrogens is 684 g/mol. The third kappa shape index (κ3) is 5.25. The van der Waals surface area contributed by atoms with Crippen LogP contribution in [0.25, 0.3) is 65.8 Å². The van der Waals surface area contributed by atoms with Crippen LogP contribution in [0.3, 0.4) is 0 Å². The minimum Gasteiger partial charge on any atom is -0.456 e. The quantitative estimate of drug-likeness (QED) is 0.0955. The zero-order valence-electron chi connectivity index (χ0n) is 26.9. The Labute approximate surface area is 294 Å². The molecule has 0 bridgehead atoms. The molecule has 6 aromatic carbocycles. The molecule has 0 aliphatic carbocycles. The lowest BCUT2D eigenvalue weighted by molar-refractivity contribution is -0.384. The molecule has 2 amide bonds. The van der Waals surface area contributed by atoms with Gasteiger partial charge >= 0.3 is 0 Å². The van der Waals surface area contributed by atoms with Crippen molar-refractivity contribution < 1.29 is 32.7 Å². The van der Waals surface area contributed by atoms with Gasteiger partial charge in [-0.2, -0.15) is 0 Å². The molecule has 0 radical (unpaired) electrons. The van der Waals surface area contributed by atoms with E-state index in [2.05, 4.69) is 10.6 Å². The maximum Gasteiger partial charge on any atom is 0.273 e. The fourth-order valence-corrected chi connectivity index (χ4v) is 6.46. The fraction of sp³-hybridized carbons (Fsp3) is 0. The van der Waals surface area contributed by atoms with Gasteiger partial charge in [-0.1, -0.05) is 0 Å². The number of carbonyl (C=O) groups excluding carboxylic acids is 2.